The van der Waals surface area contributed by atoms with Crippen LogP contribution in [0.2, 0.25) is 0 Å². The average molecular weight is 597 g/mol. The molecule has 0 radical (unpaired) electrons. The van der Waals surface area contributed by atoms with Gasteiger partial charge in [-0.15, -0.1) is 11.3 Å². The molecule has 6 N–H and O–H groups in total. The number of rotatable bonds is 14. The summed E-state index contributed by atoms with van der Waals surface area (Å²) in [7, 11) is 0. The fourth-order valence-electron chi connectivity index (χ4n) is 3.84. The number of unbranched alkanes of at least 4 members (excludes halogenated alkanes) is 2. The highest BCUT2D eigenvalue weighted by molar-refractivity contribution is 7.13. The molecule has 41 heavy (non-hydrogen) atoms. The third kappa shape index (κ3) is 12.1. The summed E-state index contributed by atoms with van der Waals surface area (Å²) in [5, 5.41) is 30.5. The molecule has 1 aliphatic heterocycles. The highest BCUT2D eigenvalue weighted by Gasteiger charge is 2.26. The Balaban J connectivity index is 1.68. The number of alkyl carbamates (subject to hydrolysis) is 1. The van der Waals surface area contributed by atoms with Gasteiger partial charge in [0.25, 0.3) is 5.91 Å². The molecule has 228 valence electrons. The molecule has 14 nitrogen and oxygen atoms in total. The van der Waals surface area contributed by atoms with E-state index in [-0.39, 0.29) is 17.6 Å². The first-order valence-electron chi connectivity index (χ1n) is 13.4. The normalized spacial score (nSPS) is 14.5. The van der Waals surface area contributed by atoms with Crippen LogP contribution in [-0.2, 0) is 19.1 Å². The number of nitrogens with one attached hydrogen (secondary N) is 4. The van der Waals surface area contributed by atoms with E-state index in [1.165, 1.54) is 16.7 Å². The molecule has 0 bridgehead atoms. The molecule has 0 aliphatic carbocycles. The Bertz CT molecular complexity index is 1090. The van der Waals surface area contributed by atoms with Crippen LogP contribution in [0.1, 0.15) is 69.8 Å². The van der Waals surface area contributed by atoms with Gasteiger partial charge >= 0.3 is 12.1 Å². The molecule has 0 aromatic carbocycles. The van der Waals surface area contributed by atoms with Crippen molar-refractivity contribution in [1.82, 2.24) is 26.3 Å². The lowest BCUT2D eigenvalue weighted by molar-refractivity contribution is -0.135. The zero-order valence-corrected chi connectivity index (χ0v) is 24.5. The molecule has 1 aliphatic rings. The lowest BCUT2D eigenvalue weighted by atomic mass is 10.0. The molecule has 0 unspecified atom stereocenters. The maximum absolute atomic E-state index is 12.5. The molecule has 1 aromatic heterocycles. The number of piperidine rings is 1. The van der Waals surface area contributed by atoms with Crippen LogP contribution in [-0.4, -0.2) is 88.9 Å². The van der Waals surface area contributed by atoms with Crippen molar-refractivity contribution in [3.8, 4) is 0 Å². The molecule has 1 aromatic rings. The number of anilines is 1. The van der Waals surface area contributed by atoms with Crippen molar-refractivity contribution in [2.45, 2.75) is 77.0 Å². The van der Waals surface area contributed by atoms with Crippen molar-refractivity contribution in [3.05, 3.63) is 23.3 Å². The van der Waals surface area contributed by atoms with Crippen molar-refractivity contribution >= 4 is 46.3 Å². The first-order valence-corrected chi connectivity index (χ1v) is 14.3. The minimum absolute atomic E-state index is 0.00818. The van der Waals surface area contributed by atoms with Crippen molar-refractivity contribution in [2.24, 2.45) is 0 Å². The van der Waals surface area contributed by atoms with Gasteiger partial charge in [0.15, 0.2) is 5.13 Å². The number of aliphatic hydroxyl groups is 1. The maximum atomic E-state index is 12.5. The number of aromatic nitrogens is 1. The minimum atomic E-state index is -1.43. The van der Waals surface area contributed by atoms with Gasteiger partial charge in [-0.05, 0) is 46.5 Å². The summed E-state index contributed by atoms with van der Waals surface area (Å²) in [6.45, 7) is 9.61. The third-order valence-corrected chi connectivity index (χ3v) is 6.84. The van der Waals surface area contributed by atoms with Crippen LogP contribution in [0.5, 0.6) is 0 Å². The van der Waals surface area contributed by atoms with Gasteiger partial charge in [-0.25, -0.2) is 14.6 Å². The molecule has 1 saturated heterocycles. The van der Waals surface area contributed by atoms with Crippen molar-refractivity contribution in [2.75, 3.05) is 31.1 Å². The Morgan fingerprint density at radius 1 is 1.17 bits per heavy atom. The Hall–Kier alpha value is -3.72. The fraction of sp³-hybridized carbons (Fsp3) is 0.615. The van der Waals surface area contributed by atoms with Crippen LogP contribution < -0.4 is 26.2 Å². The van der Waals surface area contributed by atoms with Crippen LogP contribution >= 0.6 is 11.3 Å². The monoisotopic (exact) mass is 596 g/mol. The van der Waals surface area contributed by atoms with E-state index in [9.17, 15) is 29.1 Å². The van der Waals surface area contributed by atoms with Crippen LogP contribution in [0, 0.1) is 0 Å². The SMILES string of the molecule is C=C(NC(=O)[C@H](CO)NC(=O)c1csc(N2CCC(NC(=O)CCCCCNC(=O)OC(C)(C)C)CC2)n1)C(=O)O. The zero-order chi connectivity index (χ0) is 30.6. The van der Waals surface area contributed by atoms with E-state index < -0.39 is 47.8 Å². The Morgan fingerprint density at radius 2 is 1.85 bits per heavy atom. The molecular formula is C26H40N6O8S. The Labute approximate surface area is 242 Å². The fourth-order valence-corrected chi connectivity index (χ4v) is 4.70. The number of aliphatic carboxylic acids is 1. The number of amides is 4. The summed E-state index contributed by atoms with van der Waals surface area (Å²) in [6.07, 6.45) is 3.68. The van der Waals surface area contributed by atoms with Crippen molar-refractivity contribution in [1.29, 1.82) is 0 Å². The van der Waals surface area contributed by atoms with Crippen LogP contribution in [0.25, 0.3) is 0 Å². The summed E-state index contributed by atoms with van der Waals surface area (Å²) in [5.74, 6) is -3.05. The maximum Gasteiger partial charge on any atom is 0.407 e. The number of hydrogen-bond acceptors (Lipinski definition) is 10. The van der Waals surface area contributed by atoms with E-state index >= 15 is 0 Å². The predicted molar refractivity (Wildman–Crippen MR) is 151 cm³/mol. The van der Waals surface area contributed by atoms with Gasteiger partial charge < -0.3 is 41.1 Å². The third-order valence-electron chi connectivity index (χ3n) is 5.94. The molecule has 1 fully saturated rings. The van der Waals surface area contributed by atoms with E-state index in [4.69, 9.17) is 9.84 Å². The summed E-state index contributed by atoms with van der Waals surface area (Å²) >= 11 is 1.26. The number of nitrogens with zero attached hydrogens (tertiary/aromatic N) is 2. The number of carbonyl (C=O) groups is 5. The van der Waals surface area contributed by atoms with Crippen LogP contribution in [0.4, 0.5) is 9.93 Å². The summed E-state index contributed by atoms with van der Waals surface area (Å²) in [5.41, 5.74) is -1.06. The molecule has 15 heteroatoms. The quantitative estimate of drug-likeness (QED) is 0.134. The first kappa shape index (κ1) is 33.5. The van der Waals surface area contributed by atoms with Crippen LogP contribution in [0.15, 0.2) is 17.7 Å². The molecule has 2 heterocycles. The molecule has 4 amide bonds. The topological polar surface area (TPSA) is 199 Å². The van der Waals surface area contributed by atoms with Crippen molar-refractivity contribution in [3.63, 3.8) is 0 Å². The number of thiazole rings is 1. The van der Waals surface area contributed by atoms with E-state index in [2.05, 4.69) is 27.5 Å². The smallest absolute Gasteiger partial charge is 0.407 e. The second-order valence-corrected chi connectivity index (χ2v) is 11.4. The molecule has 1 atom stereocenters. The summed E-state index contributed by atoms with van der Waals surface area (Å²) < 4.78 is 5.18. The molecular weight excluding hydrogens is 556 g/mol. The van der Waals surface area contributed by atoms with Crippen molar-refractivity contribution < 1.29 is 38.9 Å². The van der Waals surface area contributed by atoms with Gasteiger partial charge in [-0.1, -0.05) is 13.0 Å². The largest absolute Gasteiger partial charge is 0.477 e. The molecule has 0 spiro atoms. The highest BCUT2D eigenvalue weighted by atomic mass is 32.1. The number of hydrogen-bond donors (Lipinski definition) is 6. The molecule has 2 rings (SSSR count). The van der Waals surface area contributed by atoms with E-state index in [1.807, 2.05) is 10.2 Å². The number of carbonyl (C=O) groups excluding carboxylic acids is 4. The minimum Gasteiger partial charge on any atom is -0.477 e. The average Bonchev–Trinajstić information content (AvgIpc) is 3.39. The van der Waals surface area contributed by atoms with E-state index in [1.54, 1.807) is 20.8 Å². The van der Waals surface area contributed by atoms with E-state index in [0.717, 1.165) is 19.3 Å². The second-order valence-electron chi connectivity index (χ2n) is 10.6. The highest BCUT2D eigenvalue weighted by Crippen LogP contribution is 2.24. The number of aliphatic hydroxyl groups excluding tert-OH is 1. The van der Waals surface area contributed by atoms with Gasteiger partial charge in [-0.2, -0.15) is 0 Å². The zero-order valence-electron chi connectivity index (χ0n) is 23.7. The van der Waals surface area contributed by atoms with E-state index in [0.29, 0.717) is 44.0 Å². The number of carboxylic acid groups (broad SMARTS) is 1. The standard InChI is InChI=1S/C26H40N6O8S/c1-16(23(37)38)28-21(35)18(14-33)30-22(36)19-15-41-24(31-19)32-12-9-17(10-13-32)29-20(34)8-6-5-7-11-27-25(39)40-26(2,3)4/h15,17-18,33H,1,5-14H2,2-4H3,(H,27,39)(H,28,35)(H,29,34)(H,30,36)(H,37,38)/t18-/m0/s1. The summed E-state index contributed by atoms with van der Waals surface area (Å²) in [6, 6.07) is -1.34. The van der Waals surface area contributed by atoms with Crippen LogP contribution in [0.3, 0.4) is 0 Å². The van der Waals surface area contributed by atoms with Gasteiger partial charge in [-0.3, -0.25) is 14.4 Å². The number of ether oxygens (including phenoxy) is 1. The first-order chi connectivity index (χ1) is 19.3. The molecule has 0 saturated carbocycles. The Morgan fingerprint density at radius 3 is 2.46 bits per heavy atom. The van der Waals surface area contributed by atoms with Gasteiger partial charge in [0.2, 0.25) is 11.8 Å². The predicted octanol–water partition coefficient (Wildman–Crippen LogP) is 1.12. The summed E-state index contributed by atoms with van der Waals surface area (Å²) in [4.78, 5) is 65.8. The van der Waals surface area contributed by atoms with Gasteiger partial charge in [0.05, 0.1) is 6.61 Å². The second kappa shape index (κ2) is 15.9. The van der Waals surface area contributed by atoms with Gasteiger partial charge in [0, 0.05) is 37.5 Å². The number of carboxylic acids is 1. The van der Waals surface area contributed by atoms with Gasteiger partial charge in [0.1, 0.15) is 23.0 Å². The lowest BCUT2D eigenvalue weighted by Gasteiger charge is -2.32. The lowest BCUT2D eigenvalue weighted by Crippen LogP contribution is -2.49. The Kier molecular flexibility index (Phi) is 13.0.